The van der Waals surface area contributed by atoms with Gasteiger partial charge in [0.1, 0.15) is 11.5 Å². The lowest BCUT2D eigenvalue weighted by molar-refractivity contribution is -0.117. The second-order valence-corrected chi connectivity index (χ2v) is 6.03. The first kappa shape index (κ1) is 18.8. The largest absolute Gasteiger partial charge is 0.497 e. The molecule has 0 aliphatic rings. The lowest BCUT2D eigenvalue weighted by atomic mass is 10.2. The van der Waals surface area contributed by atoms with Crippen molar-refractivity contribution in [1.82, 2.24) is 4.90 Å². The lowest BCUT2D eigenvalue weighted by Crippen LogP contribution is -2.31. The van der Waals surface area contributed by atoms with Gasteiger partial charge >= 0.3 is 0 Å². The van der Waals surface area contributed by atoms with Crippen LogP contribution in [0.2, 0.25) is 0 Å². The molecular formula is C20H26N2O3. The number of nitrogens with one attached hydrogen (secondary N) is 1. The number of ether oxygens (including phenoxy) is 2. The Hall–Kier alpha value is -2.53. The van der Waals surface area contributed by atoms with Crippen LogP contribution in [0.3, 0.4) is 0 Å². The molecule has 0 aromatic heterocycles. The summed E-state index contributed by atoms with van der Waals surface area (Å²) < 4.78 is 10.8. The number of rotatable bonds is 9. The van der Waals surface area contributed by atoms with Gasteiger partial charge in [-0.15, -0.1) is 0 Å². The van der Waals surface area contributed by atoms with E-state index in [1.54, 1.807) is 7.11 Å². The smallest absolute Gasteiger partial charge is 0.238 e. The highest BCUT2D eigenvalue weighted by atomic mass is 16.5. The van der Waals surface area contributed by atoms with Crippen LogP contribution < -0.4 is 14.8 Å². The summed E-state index contributed by atoms with van der Waals surface area (Å²) in [6, 6.07) is 15.3. The van der Waals surface area contributed by atoms with Crippen LogP contribution in [0.1, 0.15) is 12.0 Å². The van der Waals surface area contributed by atoms with Gasteiger partial charge in [-0.25, -0.2) is 0 Å². The Morgan fingerprint density at radius 2 is 1.68 bits per heavy atom. The molecule has 0 radical (unpaired) electrons. The molecule has 0 atom stereocenters. The topological polar surface area (TPSA) is 50.8 Å². The SMILES string of the molecule is COc1ccc(OCCCN(C)CC(=O)Nc2ccc(C)cc2)cc1. The third-order valence-corrected chi connectivity index (χ3v) is 3.76. The number of anilines is 1. The highest BCUT2D eigenvalue weighted by molar-refractivity contribution is 5.92. The second-order valence-electron chi connectivity index (χ2n) is 6.03. The van der Waals surface area contributed by atoms with E-state index in [9.17, 15) is 4.79 Å². The average molecular weight is 342 g/mol. The van der Waals surface area contributed by atoms with Gasteiger partial charge in [-0.05, 0) is 56.8 Å². The maximum absolute atomic E-state index is 12.0. The zero-order valence-corrected chi connectivity index (χ0v) is 15.1. The molecule has 2 aromatic rings. The van der Waals surface area contributed by atoms with E-state index in [1.807, 2.05) is 67.4 Å². The van der Waals surface area contributed by atoms with E-state index >= 15 is 0 Å². The van der Waals surface area contributed by atoms with E-state index in [2.05, 4.69) is 5.32 Å². The van der Waals surface area contributed by atoms with Crippen molar-refractivity contribution in [2.45, 2.75) is 13.3 Å². The maximum Gasteiger partial charge on any atom is 0.238 e. The molecule has 0 spiro atoms. The average Bonchev–Trinajstić information content (AvgIpc) is 2.61. The summed E-state index contributed by atoms with van der Waals surface area (Å²) >= 11 is 0. The van der Waals surface area contributed by atoms with Crippen LogP contribution in [-0.4, -0.2) is 44.7 Å². The van der Waals surface area contributed by atoms with Crippen molar-refractivity contribution in [3.8, 4) is 11.5 Å². The standard InChI is InChI=1S/C20H26N2O3/c1-16-5-7-17(8-6-16)21-20(23)15-22(2)13-4-14-25-19-11-9-18(24-3)10-12-19/h5-12H,4,13-15H2,1-3H3,(H,21,23). The van der Waals surface area contributed by atoms with Gasteiger partial charge in [0.2, 0.25) is 5.91 Å². The van der Waals surface area contributed by atoms with E-state index in [0.717, 1.165) is 30.2 Å². The third-order valence-electron chi connectivity index (χ3n) is 3.76. The number of nitrogens with zero attached hydrogens (tertiary/aromatic N) is 1. The molecule has 0 heterocycles. The summed E-state index contributed by atoms with van der Waals surface area (Å²) in [6.07, 6.45) is 0.848. The number of methoxy groups -OCH3 is 1. The van der Waals surface area contributed by atoms with Crippen LogP contribution in [-0.2, 0) is 4.79 Å². The molecule has 0 aliphatic heterocycles. The van der Waals surface area contributed by atoms with E-state index in [1.165, 1.54) is 5.56 Å². The minimum absolute atomic E-state index is 0.0116. The fraction of sp³-hybridized carbons (Fsp3) is 0.350. The molecular weight excluding hydrogens is 316 g/mol. The number of carbonyl (C=O) groups is 1. The first-order valence-corrected chi connectivity index (χ1v) is 8.39. The van der Waals surface area contributed by atoms with Crippen LogP contribution in [0.25, 0.3) is 0 Å². The van der Waals surface area contributed by atoms with Crippen LogP contribution in [0.15, 0.2) is 48.5 Å². The van der Waals surface area contributed by atoms with Crippen molar-refractivity contribution in [2.75, 3.05) is 39.2 Å². The van der Waals surface area contributed by atoms with Gasteiger partial charge in [-0.1, -0.05) is 17.7 Å². The summed E-state index contributed by atoms with van der Waals surface area (Å²) in [5, 5.41) is 2.90. The summed E-state index contributed by atoms with van der Waals surface area (Å²) in [6.45, 7) is 3.78. The molecule has 5 nitrogen and oxygen atoms in total. The van der Waals surface area contributed by atoms with Gasteiger partial charge in [0.25, 0.3) is 0 Å². The monoisotopic (exact) mass is 342 g/mol. The fourth-order valence-corrected chi connectivity index (χ4v) is 2.36. The van der Waals surface area contributed by atoms with Gasteiger partial charge in [-0.3, -0.25) is 9.69 Å². The molecule has 0 bridgehead atoms. The first-order valence-electron chi connectivity index (χ1n) is 8.39. The van der Waals surface area contributed by atoms with Gasteiger partial charge in [0.15, 0.2) is 0 Å². The molecule has 0 unspecified atom stereocenters. The van der Waals surface area contributed by atoms with E-state index in [-0.39, 0.29) is 5.91 Å². The first-order chi connectivity index (χ1) is 12.1. The van der Waals surface area contributed by atoms with Crippen LogP contribution in [0, 0.1) is 6.92 Å². The zero-order valence-electron chi connectivity index (χ0n) is 15.1. The minimum Gasteiger partial charge on any atom is -0.497 e. The molecule has 134 valence electrons. The van der Waals surface area contributed by atoms with Crippen molar-refractivity contribution in [3.63, 3.8) is 0 Å². The number of hydrogen-bond donors (Lipinski definition) is 1. The van der Waals surface area contributed by atoms with E-state index < -0.39 is 0 Å². The Labute approximate surface area is 149 Å². The lowest BCUT2D eigenvalue weighted by Gasteiger charge is -2.16. The number of amides is 1. The number of hydrogen-bond acceptors (Lipinski definition) is 4. The Kier molecular flexibility index (Phi) is 7.29. The van der Waals surface area contributed by atoms with Crippen molar-refractivity contribution < 1.29 is 14.3 Å². The Bertz CT molecular complexity index is 654. The molecule has 1 amide bonds. The van der Waals surface area contributed by atoms with E-state index in [4.69, 9.17) is 9.47 Å². The molecule has 2 aromatic carbocycles. The molecule has 0 saturated carbocycles. The predicted molar refractivity (Wildman–Crippen MR) is 100 cm³/mol. The Morgan fingerprint density at radius 3 is 2.32 bits per heavy atom. The summed E-state index contributed by atoms with van der Waals surface area (Å²) in [7, 11) is 3.57. The molecule has 1 N–H and O–H groups in total. The minimum atomic E-state index is -0.0116. The Balaban J connectivity index is 1.63. The molecule has 25 heavy (non-hydrogen) atoms. The van der Waals surface area contributed by atoms with Gasteiger partial charge < -0.3 is 14.8 Å². The quantitative estimate of drug-likeness (QED) is 0.710. The van der Waals surface area contributed by atoms with E-state index in [0.29, 0.717) is 13.2 Å². The highest BCUT2D eigenvalue weighted by Crippen LogP contribution is 2.17. The number of likely N-dealkylation sites (N-methyl/N-ethyl adjacent to an activating group) is 1. The van der Waals surface area contributed by atoms with Crippen molar-refractivity contribution in [3.05, 3.63) is 54.1 Å². The third kappa shape index (κ3) is 6.85. The number of benzene rings is 2. The fourth-order valence-electron chi connectivity index (χ4n) is 2.36. The molecule has 5 heteroatoms. The molecule has 0 fully saturated rings. The molecule has 0 saturated heterocycles. The Morgan fingerprint density at radius 1 is 1.04 bits per heavy atom. The normalized spacial score (nSPS) is 10.6. The zero-order chi connectivity index (χ0) is 18.1. The van der Waals surface area contributed by atoms with Gasteiger partial charge in [-0.2, -0.15) is 0 Å². The summed E-state index contributed by atoms with van der Waals surface area (Å²) in [4.78, 5) is 14.0. The van der Waals surface area contributed by atoms with Crippen LogP contribution in [0.4, 0.5) is 5.69 Å². The summed E-state index contributed by atoms with van der Waals surface area (Å²) in [5.41, 5.74) is 2.00. The van der Waals surface area contributed by atoms with Gasteiger partial charge in [0, 0.05) is 12.2 Å². The van der Waals surface area contributed by atoms with Crippen LogP contribution in [0.5, 0.6) is 11.5 Å². The molecule has 0 aliphatic carbocycles. The van der Waals surface area contributed by atoms with Gasteiger partial charge in [0.05, 0.1) is 20.3 Å². The van der Waals surface area contributed by atoms with Crippen molar-refractivity contribution in [2.24, 2.45) is 0 Å². The summed E-state index contributed by atoms with van der Waals surface area (Å²) in [5.74, 6) is 1.62. The number of carbonyl (C=O) groups excluding carboxylic acids is 1. The predicted octanol–water partition coefficient (Wildman–Crippen LogP) is 3.34. The van der Waals surface area contributed by atoms with Crippen molar-refractivity contribution >= 4 is 11.6 Å². The van der Waals surface area contributed by atoms with Crippen LogP contribution >= 0.6 is 0 Å². The number of aryl methyl sites for hydroxylation is 1. The highest BCUT2D eigenvalue weighted by Gasteiger charge is 2.07. The maximum atomic E-state index is 12.0. The molecule has 2 rings (SSSR count). The second kappa shape index (κ2) is 9.69. The van der Waals surface area contributed by atoms with Crippen molar-refractivity contribution in [1.29, 1.82) is 0 Å².